The van der Waals surface area contributed by atoms with Crippen LogP contribution in [0.25, 0.3) is 22.2 Å². The van der Waals surface area contributed by atoms with Crippen LogP contribution >= 0.6 is 0 Å². The van der Waals surface area contributed by atoms with Gasteiger partial charge >= 0.3 is 0 Å². The number of benzene rings is 3. The van der Waals surface area contributed by atoms with Crippen LogP contribution < -0.4 is 4.90 Å². The van der Waals surface area contributed by atoms with Crippen LogP contribution in [0.5, 0.6) is 0 Å². The molecule has 4 aromatic rings. The second kappa shape index (κ2) is 9.18. The van der Waals surface area contributed by atoms with Gasteiger partial charge in [0.05, 0.1) is 21.7 Å². The summed E-state index contributed by atoms with van der Waals surface area (Å²) in [6.07, 6.45) is 0. The third kappa shape index (κ3) is 4.33. The maximum absolute atomic E-state index is 13.8. The molecule has 176 valence electrons. The highest BCUT2D eigenvalue weighted by atomic mass is 16.6. The number of aromatic nitrogens is 1. The molecule has 0 bridgehead atoms. The van der Waals surface area contributed by atoms with Crippen molar-refractivity contribution in [3.8, 4) is 11.3 Å². The third-order valence-electron chi connectivity index (χ3n) is 6.69. The normalized spacial score (nSPS) is 13.8. The number of nitro groups is 1. The van der Waals surface area contributed by atoms with Gasteiger partial charge in [-0.3, -0.25) is 14.9 Å². The van der Waals surface area contributed by atoms with Crippen molar-refractivity contribution in [2.24, 2.45) is 0 Å². The number of piperazine rings is 1. The zero-order chi connectivity index (χ0) is 24.5. The van der Waals surface area contributed by atoms with Gasteiger partial charge in [0, 0.05) is 54.9 Å². The van der Waals surface area contributed by atoms with E-state index in [0.29, 0.717) is 31.7 Å². The first-order chi connectivity index (χ1) is 16.9. The zero-order valence-corrected chi connectivity index (χ0v) is 19.8. The lowest BCUT2D eigenvalue weighted by atomic mass is 9.99. The summed E-state index contributed by atoms with van der Waals surface area (Å²) >= 11 is 0. The number of aryl methyl sites for hydroxylation is 2. The van der Waals surface area contributed by atoms with Crippen molar-refractivity contribution < 1.29 is 9.72 Å². The van der Waals surface area contributed by atoms with E-state index in [1.807, 2.05) is 54.3 Å². The van der Waals surface area contributed by atoms with Gasteiger partial charge in [0.1, 0.15) is 0 Å². The minimum atomic E-state index is -0.396. The summed E-state index contributed by atoms with van der Waals surface area (Å²) in [5, 5.41) is 11.8. The van der Waals surface area contributed by atoms with Gasteiger partial charge in [0.15, 0.2) is 0 Å². The fraction of sp³-hybridized carbons (Fsp3) is 0.214. The second-order valence-electron chi connectivity index (χ2n) is 8.89. The topological polar surface area (TPSA) is 79.6 Å². The van der Waals surface area contributed by atoms with Gasteiger partial charge in [0.25, 0.3) is 11.6 Å². The van der Waals surface area contributed by atoms with Crippen molar-refractivity contribution in [1.82, 2.24) is 9.88 Å². The molecule has 35 heavy (non-hydrogen) atoms. The average molecular weight is 467 g/mol. The molecule has 0 atom stereocenters. The third-order valence-corrected chi connectivity index (χ3v) is 6.69. The van der Waals surface area contributed by atoms with E-state index in [2.05, 4.69) is 17.9 Å². The lowest BCUT2D eigenvalue weighted by Gasteiger charge is -2.36. The number of carbonyl (C=O) groups is 1. The van der Waals surface area contributed by atoms with Gasteiger partial charge in [-0.15, -0.1) is 0 Å². The molecule has 7 nitrogen and oxygen atoms in total. The van der Waals surface area contributed by atoms with E-state index in [1.54, 1.807) is 12.1 Å². The Balaban J connectivity index is 1.43. The lowest BCUT2D eigenvalue weighted by Crippen LogP contribution is -2.48. The molecule has 0 spiro atoms. The number of hydrogen-bond acceptors (Lipinski definition) is 5. The van der Waals surface area contributed by atoms with Crippen LogP contribution in [0.1, 0.15) is 21.5 Å². The maximum atomic E-state index is 13.8. The predicted octanol–water partition coefficient (Wildman–Crippen LogP) is 5.39. The number of hydrogen-bond donors (Lipinski definition) is 0. The number of nitro benzene ring substituents is 1. The molecular formula is C28H26N4O3. The Morgan fingerprint density at radius 2 is 1.57 bits per heavy atom. The first-order valence-corrected chi connectivity index (χ1v) is 11.7. The van der Waals surface area contributed by atoms with Crippen molar-refractivity contribution >= 4 is 28.2 Å². The van der Waals surface area contributed by atoms with Crippen LogP contribution in [0, 0.1) is 24.0 Å². The smallest absolute Gasteiger partial charge is 0.269 e. The molecule has 1 saturated heterocycles. The van der Waals surface area contributed by atoms with E-state index in [9.17, 15) is 14.9 Å². The van der Waals surface area contributed by atoms with Gasteiger partial charge in [0.2, 0.25) is 0 Å². The van der Waals surface area contributed by atoms with Crippen LogP contribution in [0.4, 0.5) is 11.4 Å². The quantitative estimate of drug-likeness (QED) is 0.298. The van der Waals surface area contributed by atoms with Gasteiger partial charge in [-0.25, -0.2) is 4.98 Å². The number of carbonyl (C=O) groups excluding carboxylic acids is 1. The molecule has 1 aliphatic rings. The molecule has 7 heteroatoms. The summed E-state index contributed by atoms with van der Waals surface area (Å²) in [5.41, 5.74) is 6.49. The summed E-state index contributed by atoms with van der Waals surface area (Å²) in [7, 11) is 0. The number of non-ortho nitro benzene ring substituents is 1. The van der Waals surface area contributed by atoms with Gasteiger partial charge < -0.3 is 9.80 Å². The van der Waals surface area contributed by atoms with Gasteiger partial charge in [-0.1, -0.05) is 42.5 Å². The van der Waals surface area contributed by atoms with E-state index < -0.39 is 4.92 Å². The van der Waals surface area contributed by atoms with Crippen LogP contribution in [0.2, 0.25) is 0 Å². The fourth-order valence-corrected chi connectivity index (χ4v) is 4.69. The highest BCUT2D eigenvalue weighted by molar-refractivity contribution is 6.08. The number of pyridine rings is 1. The molecule has 5 rings (SSSR count). The fourth-order valence-electron chi connectivity index (χ4n) is 4.69. The maximum Gasteiger partial charge on any atom is 0.269 e. The number of rotatable bonds is 4. The summed E-state index contributed by atoms with van der Waals surface area (Å²) in [5.74, 6) is 0.00110. The molecule has 1 amide bonds. The molecule has 3 aromatic carbocycles. The minimum absolute atomic E-state index is 0.00110. The van der Waals surface area contributed by atoms with Crippen molar-refractivity contribution in [1.29, 1.82) is 0 Å². The number of anilines is 1. The lowest BCUT2D eigenvalue weighted by molar-refractivity contribution is -0.384. The Morgan fingerprint density at radius 1 is 0.886 bits per heavy atom. The van der Waals surface area contributed by atoms with Gasteiger partial charge in [-0.2, -0.15) is 0 Å². The van der Waals surface area contributed by atoms with Crippen LogP contribution in [-0.4, -0.2) is 46.9 Å². The molecule has 0 radical (unpaired) electrons. The van der Waals surface area contributed by atoms with Crippen molar-refractivity contribution in [2.45, 2.75) is 13.8 Å². The molecule has 0 N–H and O–H groups in total. The molecule has 2 heterocycles. The number of para-hydroxylation sites is 1. The largest absolute Gasteiger partial charge is 0.368 e. The van der Waals surface area contributed by atoms with Gasteiger partial charge in [-0.05, 0) is 43.2 Å². The zero-order valence-electron chi connectivity index (χ0n) is 19.8. The highest BCUT2D eigenvalue weighted by Crippen LogP contribution is 2.30. The summed E-state index contributed by atoms with van der Waals surface area (Å²) in [6, 6.07) is 22.5. The first-order valence-electron chi connectivity index (χ1n) is 11.7. The second-order valence-corrected chi connectivity index (χ2v) is 8.89. The highest BCUT2D eigenvalue weighted by Gasteiger charge is 2.25. The molecule has 1 fully saturated rings. The average Bonchev–Trinajstić information content (AvgIpc) is 2.88. The van der Waals surface area contributed by atoms with E-state index >= 15 is 0 Å². The monoisotopic (exact) mass is 466 g/mol. The standard InChI is InChI=1S/C28H26N4O3/c1-19-6-3-4-8-23(19)26-18-25(24-9-5-7-20(2)27(24)29-26)28(33)31-16-14-30(15-17-31)21-10-12-22(13-11-21)32(34)35/h3-13,18H,14-17H2,1-2H3. The number of nitrogens with zero attached hydrogens (tertiary/aromatic N) is 4. The molecule has 1 aromatic heterocycles. The SMILES string of the molecule is Cc1ccccc1-c1cc(C(=O)N2CCN(c3ccc([N+](=O)[O-])cc3)CC2)c2cccc(C)c2n1. The van der Waals surface area contributed by atoms with Crippen molar-refractivity contribution in [3.63, 3.8) is 0 Å². The number of amides is 1. The Kier molecular flexibility index (Phi) is 5.91. The summed E-state index contributed by atoms with van der Waals surface area (Å²) < 4.78 is 0. The van der Waals surface area contributed by atoms with Crippen LogP contribution in [-0.2, 0) is 0 Å². The minimum Gasteiger partial charge on any atom is -0.368 e. The molecular weight excluding hydrogens is 440 g/mol. The molecule has 0 unspecified atom stereocenters. The van der Waals surface area contributed by atoms with E-state index in [0.717, 1.165) is 39.0 Å². The molecule has 0 aliphatic carbocycles. The Morgan fingerprint density at radius 3 is 2.26 bits per heavy atom. The Labute approximate surface area is 203 Å². The number of fused-ring (bicyclic) bond motifs is 1. The van der Waals surface area contributed by atoms with Crippen molar-refractivity contribution in [3.05, 3.63) is 99.6 Å². The summed E-state index contributed by atoms with van der Waals surface area (Å²) in [6.45, 7) is 6.55. The van der Waals surface area contributed by atoms with Crippen LogP contribution in [0.15, 0.2) is 72.8 Å². The predicted molar refractivity (Wildman–Crippen MR) is 138 cm³/mol. The first kappa shape index (κ1) is 22.5. The molecule has 0 saturated carbocycles. The van der Waals surface area contributed by atoms with Crippen molar-refractivity contribution in [2.75, 3.05) is 31.1 Å². The molecule has 1 aliphatic heterocycles. The Bertz CT molecular complexity index is 1420. The Hall–Kier alpha value is -4.26. The summed E-state index contributed by atoms with van der Waals surface area (Å²) in [4.78, 5) is 33.3. The van der Waals surface area contributed by atoms with E-state index in [4.69, 9.17) is 4.98 Å². The van der Waals surface area contributed by atoms with E-state index in [1.165, 1.54) is 12.1 Å². The van der Waals surface area contributed by atoms with E-state index in [-0.39, 0.29) is 11.6 Å². The van der Waals surface area contributed by atoms with Crippen LogP contribution in [0.3, 0.4) is 0 Å².